The second-order valence-corrected chi connectivity index (χ2v) is 4.56. The second-order valence-electron chi connectivity index (χ2n) is 3.58. The molecular formula is C12H13FN2S. The van der Waals surface area contributed by atoms with E-state index in [1.807, 2.05) is 5.38 Å². The van der Waals surface area contributed by atoms with Gasteiger partial charge in [-0.25, -0.2) is 9.37 Å². The van der Waals surface area contributed by atoms with Crippen LogP contribution in [0.5, 0.6) is 0 Å². The molecule has 1 N–H and O–H groups in total. The van der Waals surface area contributed by atoms with Crippen LogP contribution < -0.4 is 5.32 Å². The Balaban J connectivity index is 1.93. The lowest BCUT2D eigenvalue weighted by Gasteiger charge is -2.12. The van der Waals surface area contributed by atoms with Gasteiger partial charge in [0.05, 0.1) is 0 Å². The molecule has 0 saturated carbocycles. The van der Waals surface area contributed by atoms with E-state index < -0.39 is 0 Å². The standard InChI is InChI=1S/C12H13FN2S/c1-9(10-2-4-11(13)5-3-10)15-8-12-14-6-7-16-12/h2-7,9,15H,8H2,1H3. The number of rotatable bonds is 4. The van der Waals surface area contributed by atoms with Gasteiger partial charge in [-0.3, -0.25) is 0 Å². The van der Waals surface area contributed by atoms with Crippen LogP contribution in [0.4, 0.5) is 4.39 Å². The molecule has 16 heavy (non-hydrogen) atoms. The highest BCUT2D eigenvalue weighted by atomic mass is 32.1. The van der Waals surface area contributed by atoms with Gasteiger partial charge >= 0.3 is 0 Å². The molecule has 0 radical (unpaired) electrons. The molecule has 0 spiro atoms. The van der Waals surface area contributed by atoms with Crippen molar-refractivity contribution < 1.29 is 4.39 Å². The Bertz CT molecular complexity index is 425. The maximum atomic E-state index is 12.7. The van der Waals surface area contributed by atoms with Crippen LogP contribution in [0.3, 0.4) is 0 Å². The molecule has 0 saturated heterocycles. The highest BCUT2D eigenvalue weighted by molar-refractivity contribution is 7.09. The van der Waals surface area contributed by atoms with Crippen molar-refractivity contribution >= 4 is 11.3 Å². The second kappa shape index (κ2) is 5.18. The molecular weight excluding hydrogens is 223 g/mol. The van der Waals surface area contributed by atoms with E-state index in [1.165, 1.54) is 12.1 Å². The molecule has 84 valence electrons. The summed E-state index contributed by atoms with van der Waals surface area (Å²) in [6.07, 6.45) is 1.80. The van der Waals surface area contributed by atoms with Gasteiger partial charge in [0.25, 0.3) is 0 Å². The van der Waals surface area contributed by atoms with Gasteiger partial charge in [0.15, 0.2) is 0 Å². The molecule has 1 atom stereocenters. The van der Waals surface area contributed by atoms with Crippen LogP contribution in [0.2, 0.25) is 0 Å². The molecule has 0 fully saturated rings. The normalized spacial score (nSPS) is 12.6. The Hall–Kier alpha value is -1.26. The fraction of sp³-hybridized carbons (Fsp3) is 0.250. The molecule has 2 aromatic rings. The molecule has 0 aliphatic heterocycles. The minimum atomic E-state index is -0.198. The number of hydrogen-bond acceptors (Lipinski definition) is 3. The predicted octanol–water partition coefficient (Wildman–Crippen LogP) is 3.13. The predicted molar refractivity (Wildman–Crippen MR) is 63.8 cm³/mol. The van der Waals surface area contributed by atoms with Gasteiger partial charge in [-0.05, 0) is 24.6 Å². The summed E-state index contributed by atoms with van der Waals surface area (Å²) in [5.41, 5.74) is 1.08. The van der Waals surface area contributed by atoms with Crippen LogP contribution >= 0.6 is 11.3 Å². The molecule has 0 aliphatic rings. The van der Waals surface area contributed by atoms with Gasteiger partial charge < -0.3 is 5.32 Å². The number of nitrogens with one attached hydrogen (secondary N) is 1. The van der Waals surface area contributed by atoms with Crippen LogP contribution in [0.15, 0.2) is 35.8 Å². The van der Waals surface area contributed by atoms with Crippen molar-refractivity contribution in [2.45, 2.75) is 19.5 Å². The van der Waals surface area contributed by atoms with Gasteiger partial charge in [0.2, 0.25) is 0 Å². The van der Waals surface area contributed by atoms with Crippen LogP contribution in [0.25, 0.3) is 0 Å². The maximum absolute atomic E-state index is 12.7. The van der Waals surface area contributed by atoms with Gasteiger partial charge in [0, 0.05) is 24.2 Å². The highest BCUT2D eigenvalue weighted by Gasteiger charge is 2.05. The van der Waals surface area contributed by atoms with Crippen molar-refractivity contribution in [3.8, 4) is 0 Å². The van der Waals surface area contributed by atoms with E-state index in [-0.39, 0.29) is 11.9 Å². The number of aromatic nitrogens is 1. The lowest BCUT2D eigenvalue weighted by atomic mass is 10.1. The van der Waals surface area contributed by atoms with E-state index in [0.29, 0.717) is 0 Å². The minimum Gasteiger partial charge on any atom is -0.304 e. The summed E-state index contributed by atoms with van der Waals surface area (Å²) in [5, 5.41) is 6.37. The van der Waals surface area contributed by atoms with E-state index in [9.17, 15) is 4.39 Å². The van der Waals surface area contributed by atoms with Gasteiger partial charge in [-0.1, -0.05) is 12.1 Å². The fourth-order valence-electron chi connectivity index (χ4n) is 1.45. The summed E-state index contributed by atoms with van der Waals surface area (Å²) >= 11 is 1.63. The van der Waals surface area contributed by atoms with E-state index in [1.54, 1.807) is 29.7 Å². The Labute approximate surface area is 98.2 Å². The zero-order valence-electron chi connectivity index (χ0n) is 8.98. The smallest absolute Gasteiger partial charge is 0.123 e. The first-order valence-corrected chi connectivity index (χ1v) is 6.01. The first kappa shape index (κ1) is 11.2. The highest BCUT2D eigenvalue weighted by Crippen LogP contribution is 2.14. The van der Waals surface area contributed by atoms with Gasteiger partial charge in [-0.15, -0.1) is 11.3 Å². The zero-order chi connectivity index (χ0) is 11.4. The van der Waals surface area contributed by atoms with Crippen LogP contribution in [-0.2, 0) is 6.54 Å². The molecule has 0 bridgehead atoms. The van der Waals surface area contributed by atoms with Crippen molar-refractivity contribution in [3.63, 3.8) is 0 Å². The molecule has 2 nitrogen and oxygen atoms in total. The van der Waals surface area contributed by atoms with Crippen LogP contribution in [-0.4, -0.2) is 4.98 Å². The molecule has 1 unspecified atom stereocenters. The molecule has 1 heterocycles. The minimum absolute atomic E-state index is 0.198. The van der Waals surface area contributed by atoms with E-state index in [2.05, 4.69) is 17.2 Å². The van der Waals surface area contributed by atoms with E-state index in [0.717, 1.165) is 17.1 Å². The molecule has 4 heteroatoms. The van der Waals surface area contributed by atoms with Crippen LogP contribution in [0.1, 0.15) is 23.5 Å². The van der Waals surface area contributed by atoms with Crippen molar-refractivity contribution in [2.75, 3.05) is 0 Å². The zero-order valence-corrected chi connectivity index (χ0v) is 9.80. The Morgan fingerprint density at radius 2 is 2.12 bits per heavy atom. The molecule has 0 aliphatic carbocycles. The summed E-state index contributed by atoms with van der Waals surface area (Å²) in [5.74, 6) is -0.198. The molecule has 1 aromatic heterocycles. The number of thiazole rings is 1. The summed E-state index contributed by atoms with van der Waals surface area (Å²) in [6, 6.07) is 6.77. The summed E-state index contributed by atoms with van der Waals surface area (Å²) in [7, 11) is 0. The van der Waals surface area contributed by atoms with Crippen molar-refractivity contribution in [1.29, 1.82) is 0 Å². The van der Waals surface area contributed by atoms with Crippen molar-refractivity contribution in [1.82, 2.24) is 10.3 Å². The van der Waals surface area contributed by atoms with Gasteiger partial charge in [-0.2, -0.15) is 0 Å². The monoisotopic (exact) mass is 236 g/mol. The van der Waals surface area contributed by atoms with Crippen molar-refractivity contribution in [2.24, 2.45) is 0 Å². The first-order chi connectivity index (χ1) is 7.75. The Kier molecular flexibility index (Phi) is 3.64. The summed E-state index contributed by atoms with van der Waals surface area (Å²) in [4.78, 5) is 4.19. The Morgan fingerprint density at radius 3 is 2.75 bits per heavy atom. The third-order valence-electron chi connectivity index (χ3n) is 2.41. The fourth-order valence-corrected chi connectivity index (χ4v) is 2.02. The summed E-state index contributed by atoms with van der Waals surface area (Å²) in [6.45, 7) is 2.80. The largest absolute Gasteiger partial charge is 0.304 e. The topological polar surface area (TPSA) is 24.9 Å². The number of nitrogens with zero attached hydrogens (tertiary/aromatic N) is 1. The third kappa shape index (κ3) is 2.87. The summed E-state index contributed by atoms with van der Waals surface area (Å²) < 4.78 is 12.7. The van der Waals surface area contributed by atoms with Gasteiger partial charge in [0.1, 0.15) is 10.8 Å². The number of halogens is 1. The quantitative estimate of drug-likeness (QED) is 0.882. The average Bonchev–Trinajstić information content (AvgIpc) is 2.80. The average molecular weight is 236 g/mol. The maximum Gasteiger partial charge on any atom is 0.123 e. The van der Waals surface area contributed by atoms with Crippen molar-refractivity contribution in [3.05, 3.63) is 52.2 Å². The SMILES string of the molecule is CC(NCc1nccs1)c1ccc(F)cc1. The van der Waals surface area contributed by atoms with Crippen LogP contribution in [0, 0.1) is 5.82 Å². The third-order valence-corrected chi connectivity index (χ3v) is 3.19. The molecule has 1 aromatic carbocycles. The van der Waals surface area contributed by atoms with E-state index in [4.69, 9.17) is 0 Å². The number of hydrogen-bond donors (Lipinski definition) is 1. The lowest BCUT2D eigenvalue weighted by Crippen LogP contribution is -2.17. The molecule has 2 rings (SSSR count). The number of benzene rings is 1. The lowest BCUT2D eigenvalue weighted by molar-refractivity contribution is 0.570. The molecule has 0 amide bonds. The Morgan fingerprint density at radius 1 is 1.38 bits per heavy atom. The first-order valence-electron chi connectivity index (χ1n) is 5.13. The van der Waals surface area contributed by atoms with E-state index >= 15 is 0 Å².